The molecule has 0 spiro atoms. The average Bonchev–Trinajstić information content (AvgIpc) is 1.68. The molecule has 4 heteroatoms. The van der Waals surface area contributed by atoms with E-state index in [-0.39, 0.29) is 0 Å². The molecule has 0 atom stereocenters. The Kier molecular flexibility index (Phi) is 2.17. The first-order chi connectivity index (χ1) is 3.12. The minimum atomic E-state index is -2.81. The lowest BCUT2D eigenvalue weighted by atomic mass is 10.3. The van der Waals surface area contributed by atoms with Crippen LogP contribution in [-0.2, 0) is 10.2 Å². The van der Waals surface area contributed by atoms with E-state index < -0.39 is 19.0 Å². The molecule has 0 aromatic rings. The van der Waals surface area contributed by atoms with Crippen LogP contribution in [0, 0.1) is 0 Å². The Bertz CT molecular complexity index is 44.9. The average molecular weight is 106 g/mol. The van der Waals surface area contributed by atoms with Crippen molar-refractivity contribution in [1.29, 1.82) is 0 Å². The predicted octanol–water partition coefficient (Wildman–Crippen LogP) is -1.47. The normalized spacial score (nSPS) is 12.0. The highest BCUT2D eigenvalue weighted by atomic mass is 16.5. The molecule has 0 aliphatic carbocycles. The summed E-state index contributed by atoms with van der Waals surface area (Å²) in [5.74, 6) is -2.81. The molecule has 0 amide bonds. The summed E-state index contributed by atoms with van der Waals surface area (Å²) >= 11 is 0. The lowest BCUT2D eigenvalue weighted by Gasteiger charge is -2.06. The van der Waals surface area contributed by atoms with Crippen molar-refractivity contribution in [3.8, 4) is 0 Å². The Hall–Kier alpha value is -0.160. The smallest absolute Gasteiger partial charge is 0.279 e. The molecular formula is C3H6O4. The minimum Gasteiger partial charge on any atom is -0.390 e. The summed E-state index contributed by atoms with van der Waals surface area (Å²) in [6, 6.07) is 0. The van der Waals surface area contributed by atoms with Gasteiger partial charge in [-0.3, -0.25) is 0 Å². The largest absolute Gasteiger partial charge is 0.390 e. The summed E-state index contributed by atoms with van der Waals surface area (Å²) in [4.78, 5) is 0. The van der Waals surface area contributed by atoms with Gasteiger partial charge in [-0.05, 0) is 0 Å². The number of rotatable bonds is 2. The molecule has 4 nitrogen and oxygen atoms in total. The van der Waals surface area contributed by atoms with Gasteiger partial charge in [0.15, 0.2) is 0 Å². The second-order valence-corrected chi connectivity index (χ2v) is 1.23. The molecule has 0 fully saturated rings. The minimum absolute atomic E-state index is 1.07. The zero-order valence-electron chi connectivity index (χ0n) is 3.63. The summed E-state index contributed by atoms with van der Waals surface area (Å²) in [6.07, 6.45) is 0. The number of hydrogen-bond donors (Lipinski definition) is 2. The van der Waals surface area contributed by atoms with Crippen LogP contribution < -0.4 is 0 Å². The molecule has 0 rings (SSSR count). The molecule has 0 aliphatic heterocycles. The van der Waals surface area contributed by atoms with Crippen LogP contribution in [-0.4, -0.2) is 29.2 Å². The highest BCUT2D eigenvalue weighted by molar-refractivity contribution is 4.56. The lowest BCUT2D eigenvalue weighted by molar-refractivity contribution is -0.279. The maximum absolute atomic E-state index is 9.78. The van der Waals surface area contributed by atoms with Crippen LogP contribution in [0.3, 0.4) is 0 Å². The van der Waals surface area contributed by atoms with Crippen LogP contribution in [0.4, 0.5) is 0 Å². The number of hydrogen-bond acceptors (Lipinski definition) is 2. The molecule has 0 aromatic heterocycles. The van der Waals surface area contributed by atoms with E-state index in [0.29, 0.717) is 0 Å². The molecule has 0 aromatic carbocycles. The van der Waals surface area contributed by atoms with Crippen molar-refractivity contribution in [3.63, 3.8) is 0 Å². The predicted molar refractivity (Wildman–Crippen MR) is 18.3 cm³/mol. The zero-order chi connectivity index (χ0) is 5.91. The molecule has 0 heterocycles. The Balaban J connectivity index is 3.36. The second-order valence-electron chi connectivity index (χ2n) is 1.23. The Morgan fingerprint density at radius 2 is 1.43 bits per heavy atom. The SMILES string of the molecule is [O]C([O])(CO)CO. The fourth-order valence-corrected chi connectivity index (χ4v) is 0.0500. The summed E-state index contributed by atoms with van der Waals surface area (Å²) in [5.41, 5.74) is 0. The van der Waals surface area contributed by atoms with Crippen molar-refractivity contribution in [1.82, 2.24) is 0 Å². The molecule has 0 bridgehead atoms. The third-order valence-corrected chi connectivity index (χ3v) is 0.482. The summed E-state index contributed by atoms with van der Waals surface area (Å²) < 4.78 is 0. The van der Waals surface area contributed by atoms with Gasteiger partial charge in [-0.25, -0.2) is 0 Å². The van der Waals surface area contributed by atoms with Gasteiger partial charge in [-0.1, -0.05) is 0 Å². The quantitative estimate of drug-likeness (QED) is 0.421. The summed E-state index contributed by atoms with van der Waals surface area (Å²) in [6.45, 7) is -2.13. The summed E-state index contributed by atoms with van der Waals surface area (Å²) in [7, 11) is 0. The van der Waals surface area contributed by atoms with Gasteiger partial charge < -0.3 is 10.2 Å². The molecule has 0 unspecified atom stereocenters. The highest BCUT2D eigenvalue weighted by Crippen LogP contribution is 1.95. The van der Waals surface area contributed by atoms with Gasteiger partial charge in [0, 0.05) is 0 Å². The highest BCUT2D eigenvalue weighted by Gasteiger charge is 2.24. The van der Waals surface area contributed by atoms with E-state index in [1.807, 2.05) is 0 Å². The Morgan fingerprint density at radius 1 is 1.14 bits per heavy atom. The van der Waals surface area contributed by atoms with E-state index in [1.165, 1.54) is 0 Å². The molecule has 2 N–H and O–H groups in total. The number of aliphatic hydroxyl groups excluding tert-OH is 2. The van der Waals surface area contributed by atoms with Crippen LogP contribution in [0.15, 0.2) is 0 Å². The molecule has 42 valence electrons. The first kappa shape index (κ1) is 6.84. The third kappa shape index (κ3) is 2.52. The fraction of sp³-hybridized carbons (Fsp3) is 1.00. The van der Waals surface area contributed by atoms with Crippen molar-refractivity contribution in [2.75, 3.05) is 13.2 Å². The topological polar surface area (TPSA) is 80.3 Å². The van der Waals surface area contributed by atoms with Crippen molar-refractivity contribution in [2.45, 2.75) is 5.79 Å². The van der Waals surface area contributed by atoms with E-state index in [1.54, 1.807) is 0 Å². The van der Waals surface area contributed by atoms with E-state index >= 15 is 0 Å². The summed E-state index contributed by atoms with van der Waals surface area (Å²) in [5, 5.41) is 35.2. The van der Waals surface area contributed by atoms with E-state index in [9.17, 15) is 10.2 Å². The molecule has 2 radical (unpaired) electrons. The van der Waals surface area contributed by atoms with Crippen LogP contribution in [0.25, 0.3) is 0 Å². The van der Waals surface area contributed by atoms with Gasteiger partial charge >= 0.3 is 0 Å². The monoisotopic (exact) mass is 106 g/mol. The van der Waals surface area contributed by atoms with E-state index in [4.69, 9.17) is 10.2 Å². The van der Waals surface area contributed by atoms with Gasteiger partial charge in [0.05, 0.1) is 0 Å². The van der Waals surface area contributed by atoms with Crippen molar-refractivity contribution in [3.05, 3.63) is 0 Å². The second kappa shape index (κ2) is 2.23. The van der Waals surface area contributed by atoms with Crippen LogP contribution >= 0.6 is 0 Å². The van der Waals surface area contributed by atoms with Crippen LogP contribution in [0.1, 0.15) is 0 Å². The number of aliphatic hydroxyl groups is 2. The van der Waals surface area contributed by atoms with Gasteiger partial charge in [0.25, 0.3) is 5.79 Å². The molecule has 0 saturated heterocycles. The molecule has 0 saturated carbocycles. The Labute approximate surface area is 40.6 Å². The molecular weight excluding hydrogens is 100 g/mol. The van der Waals surface area contributed by atoms with E-state index in [0.717, 1.165) is 0 Å². The standard InChI is InChI=1S/C3H6O4/c4-1-3(6,7)2-5/h4-5H,1-2H2. The van der Waals surface area contributed by atoms with Gasteiger partial charge in [-0.2, -0.15) is 10.2 Å². The Morgan fingerprint density at radius 3 is 1.43 bits per heavy atom. The van der Waals surface area contributed by atoms with Gasteiger partial charge in [-0.15, -0.1) is 0 Å². The first-order valence-corrected chi connectivity index (χ1v) is 1.75. The third-order valence-electron chi connectivity index (χ3n) is 0.482. The maximum atomic E-state index is 9.78. The first-order valence-electron chi connectivity index (χ1n) is 1.75. The van der Waals surface area contributed by atoms with Crippen LogP contribution in [0.5, 0.6) is 0 Å². The van der Waals surface area contributed by atoms with Crippen LogP contribution in [0.2, 0.25) is 0 Å². The van der Waals surface area contributed by atoms with Crippen molar-refractivity contribution in [2.24, 2.45) is 0 Å². The van der Waals surface area contributed by atoms with E-state index in [2.05, 4.69) is 0 Å². The molecule has 7 heavy (non-hydrogen) atoms. The van der Waals surface area contributed by atoms with Crippen molar-refractivity contribution < 1.29 is 20.4 Å². The van der Waals surface area contributed by atoms with Crippen molar-refractivity contribution >= 4 is 0 Å². The van der Waals surface area contributed by atoms with Gasteiger partial charge in [0.2, 0.25) is 0 Å². The molecule has 0 aliphatic rings. The maximum Gasteiger partial charge on any atom is 0.279 e. The van der Waals surface area contributed by atoms with Gasteiger partial charge in [0.1, 0.15) is 13.2 Å². The fourth-order valence-electron chi connectivity index (χ4n) is 0.0500. The zero-order valence-corrected chi connectivity index (χ0v) is 3.63. The lowest BCUT2D eigenvalue weighted by Crippen LogP contribution is -2.33.